The van der Waals surface area contributed by atoms with Gasteiger partial charge in [-0.15, -0.1) is 0 Å². The Labute approximate surface area is 97.8 Å². The first kappa shape index (κ1) is 13.3. The van der Waals surface area contributed by atoms with Crippen LogP contribution in [0.15, 0.2) is 0 Å². The van der Waals surface area contributed by atoms with Crippen LogP contribution in [0.4, 0.5) is 4.79 Å². The quantitative estimate of drug-likeness (QED) is 0.687. The second-order valence-electron chi connectivity index (χ2n) is 5.41. The maximum absolute atomic E-state index is 11.4. The van der Waals surface area contributed by atoms with Gasteiger partial charge >= 0.3 is 6.03 Å². The Morgan fingerprint density at radius 1 is 1.56 bits per heavy atom. The fraction of sp³-hybridized carbons (Fsp3) is 0.917. The summed E-state index contributed by atoms with van der Waals surface area (Å²) in [5.41, 5.74) is -0.702. The van der Waals surface area contributed by atoms with Crippen molar-refractivity contribution in [3.63, 3.8) is 0 Å². The van der Waals surface area contributed by atoms with E-state index in [0.717, 1.165) is 19.3 Å². The summed E-state index contributed by atoms with van der Waals surface area (Å²) in [5, 5.41) is 15.8. The molecule has 0 aromatic carbocycles. The van der Waals surface area contributed by atoms with Gasteiger partial charge < -0.3 is 15.7 Å². The van der Waals surface area contributed by atoms with Crippen molar-refractivity contribution in [2.75, 3.05) is 6.54 Å². The van der Waals surface area contributed by atoms with Gasteiger partial charge in [0.25, 0.3) is 0 Å². The standard InChI is InChI=1S/C12H24N2O2/c1-9(2)14-11(15)13-8-12(16)6-4-5-10(3)7-12/h9-10,16H,4-8H2,1-3H3,(H2,13,14,15). The largest absolute Gasteiger partial charge is 0.388 e. The van der Waals surface area contributed by atoms with Gasteiger partial charge in [-0.1, -0.05) is 19.8 Å². The number of rotatable bonds is 3. The second-order valence-corrected chi connectivity index (χ2v) is 5.41. The third kappa shape index (κ3) is 4.39. The fourth-order valence-electron chi connectivity index (χ4n) is 2.35. The van der Waals surface area contributed by atoms with Crippen LogP contribution in [0.5, 0.6) is 0 Å². The van der Waals surface area contributed by atoms with E-state index in [2.05, 4.69) is 17.6 Å². The summed E-state index contributed by atoms with van der Waals surface area (Å²) in [4.78, 5) is 11.4. The number of hydrogen-bond donors (Lipinski definition) is 3. The zero-order valence-corrected chi connectivity index (χ0v) is 10.5. The molecule has 2 atom stereocenters. The predicted octanol–water partition coefficient (Wildman–Crippen LogP) is 1.64. The Morgan fingerprint density at radius 3 is 2.81 bits per heavy atom. The molecule has 1 aliphatic rings. The van der Waals surface area contributed by atoms with Crippen LogP contribution in [-0.2, 0) is 0 Å². The molecule has 0 saturated heterocycles. The third-order valence-electron chi connectivity index (χ3n) is 3.07. The molecule has 4 nitrogen and oxygen atoms in total. The molecule has 0 aliphatic heterocycles. The van der Waals surface area contributed by atoms with Crippen LogP contribution < -0.4 is 10.6 Å². The number of aliphatic hydroxyl groups is 1. The first-order valence-corrected chi connectivity index (χ1v) is 6.18. The van der Waals surface area contributed by atoms with E-state index in [1.54, 1.807) is 0 Å². The van der Waals surface area contributed by atoms with Crippen molar-refractivity contribution in [2.24, 2.45) is 5.92 Å². The highest BCUT2D eigenvalue weighted by atomic mass is 16.3. The first-order chi connectivity index (χ1) is 7.41. The van der Waals surface area contributed by atoms with E-state index < -0.39 is 5.60 Å². The van der Waals surface area contributed by atoms with Crippen LogP contribution in [0, 0.1) is 5.92 Å². The molecule has 0 heterocycles. The van der Waals surface area contributed by atoms with Crippen molar-refractivity contribution >= 4 is 6.03 Å². The molecule has 3 N–H and O–H groups in total. The van der Waals surface area contributed by atoms with Crippen molar-refractivity contribution in [3.05, 3.63) is 0 Å². The number of carbonyl (C=O) groups is 1. The summed E-state index contributed by atoms with van der Waals surface area (Å²) in [5.74, 6) is 0.550. The van der Waals surface area contributed by atoms with E-state index in [-0.39, 0.29) is 12.1 Å². The van der Waals surface area contributed by atoms with E-state index in [0.29, 0.717) is 12.5 Å². The van der Waals surface area contributed by atoms with Gasteiger partial charge in [0.2, 0.25) is 0 Å². The lowest BCUT2D eigenvalue weighted by Gasteiger charge is -2.35. The number of urea groups is 1. The summed E-state index contributed by atoms with van der Waals surface area (Å²) >= 11 is 0. The lowest BCUT2D eigenvalue weighted by atomic mass is 9.79. The van der Waals surface area contributed by atoms with Gasteiger partial charge in [-0.2, -0.15) is 0 Å². The SMILES string of the molecule is CC1CCCC(O)(CNC(=O)NC(C)C)C1. The van der Waals surface area contributed by atoms with Crippen LogP contribution in [0.2, 0.25) is 0 Å². The average molecular weight is 228 g/mol. The number of amides is 2. The Morgan fingerprint density at radius 2 is 2.25 bits per heavy atom. The maximum atomic E-state index is 11.4. The van der Waals surface area contributed by atoms with Gasteiger partial charge in [-0.05, 0) is 32.6 Å². The van der Waals surface area contributed by atoms with Gasteiger partial charge in [0.1, 0.15) is 0 Å². The Kier molecular flexibility index (Phi) is 4.59. The van der Waals surface area contributed by atoms with Crippen LogP contribution in [0.3, 0.4) is 0 Å². The predicted molar refractivity (Wildman–Crippen MR) is 64.3 cm³/mol. The molecule has 4 heteroatoms. The van der Waals surface area contributed by atoms with Gasteiger partial charge in [0, 0.05) is 12.6 Å². The number of carbonyl (C=O) groups excluding carboxylic acids is 1. The van der Waals surface area contributed by atoms with Crippen LogP contribution in [0.1, 0.15) is 46.5 Å². The van der Waals surface area contributed by atoms with Crippen molar-refractivity contribution in [3.8, 4) is 0 Å². The maximum Gasteiger partial charge on any atom is 0.315 e. The van der Waals surface area contributed by atoms with E-state index in [4.69, 9.17) is 0 Å². The Bertz CT molecular complexity index is 243. The summed E-state index contributed by atoms with van der Waals surface area (Å²) in [7, 11) is 0. The minimum absolute atomic E-state index is 0.125. The van der Waals surface area contributed by atoms with Crippen molar-refractivity contribution < 1.29 is 9.90 Å². The molecular weight excluding hydrogens is 204 g/mol. The number of hydrogen-bond acceptors (Lipinski definition) is 2. The van der Waals surface area contributed by atoms with Crippen LogP contribution in [0.25, 0.3) is 0 Å². The summed E-state index contributed by atoms with van der Waals surface area (Å²) in [6, 6.07) is -0.0680. The van der Waals surface area contributed by atoms with Crippen LogP contribution in [-0.4, -0.2) is 29.3 Å². The van der Waals surface area contributed by atoms with Gasteiger partial charge in [0.05, 0.1) is 5.60 Å². The Balaban J connectivity index is 2.32. The molecule has 94 valence electrons. The monoisotopic (exact) mass is 228 g/mol. The molecule has 1 saturated carbocycles. The van der Waals surface area contributed by atoms with Gasteiger partial charge in [-0.3, -0.25) is 0 Å². The minimum atomic E-state index is -0.702. The van der Waals surface area contributed by atoms with Crippen molar-refractivity contribution in [1.82, 2.24) is 10.6 Å². The lowest BCUT2D eigenvalue weighted by Crippen LogP contribution is -2.49. The van der Waals surface area contributed by atoms with Gasteiger partial charge in [-0.25, -0.2) is 4.79 Å². The smallest absolute Gasteiger partial charge is 0.315 e. The summed E-state index contributed by atoms with van der Waals surface area (Å²) in [6.07, 6.45) is 3.81. The van der Waals surface area contributed by atoms with Gasteiger partial charge in [0.15, 0.2) is 0 Å². The molecule has 1 rings (SSSR count). The molecule has 0 bridgehead atoms. The first-order valence-electron chi connectivity index (χ1n) is 6.18. The normalized spacial score (nSPS) is 30.2. The zero-order valence-electron chi connectivity index (χ0n) is 10.5. The van der Waals surface area contributed by atoms with E-state index in [1.807, 2.05) is 13.8 Å². The molecule has 16 heavy (non-hydrogen) atoms. The van der Waals surface area contributed by atoms with Crippen molar-refractivity contribution in [2.45, 2.75) is 58.1 Å². The molecule has 0 radical (unpaired) electrons. The molecular formula is C12H24N2O2. The lowest BCUT2D eigenvalue weighted by molar-refractivity contribution is -0.00955. The Hall–Kier alpha value is -0.770. The average Bonchev–Trinajstić information content (AvgIpc) is 2.13. The molecule has 0 aromatic rings. The highest BCUT2D eigenvalue weighted by Gasteiger charge is 2.32. The zero-order chi connectivity index (χ0) is 12.2. The molecule has 1 fully saturated rings. The molecule has 0 spiro atoms. The van der Waals surface area contributed by atoms with E-state index >= 15 is 0 Å². The number of nitrogens with one attached hydrogen (secondary N) is 2. The highest BCUT2D eigenvalue weighted by molar-refractivity contribution is 5.74. The second kappa shape index (κ2) is 5.53. The third-order valence-corrected chi connectivity index (χ3v) is 3.07. The van der Waals surface area contributed by atoms with E-state index in [9.17, 15) is 9.90 Å². The summed E-state index contributed by atoms with van der Waals surface area (Å²) < 4.78 is 0. The van der Waals surface area contributed by atoms with Crippen molar-refractivity contribution in [1.29, 1.82) is 0 Å². The molecule has 1 aliphatic carbocycles. The molecule has 2 unspecified atom stereocenters. The molecule has 2 amide bonds. The topological polar surface area (TPSA) is 61.4 Å². The summed E-state index contributed by atoms with van der Waals surface area (Å²) in [6.45, 7) is 6.34. The van der Waals surface area contributed by atoms with E-state index in [1.165, 1.54) is 6.42 Å². The minimum Gasteiger partial charge on any atom is -0.388 e. The highest BCUT2D eigenvalue weighted by Crippen LogP contribution is 2.31. The molecule has 0 aromatic heterocycles. The fourth-order valence-corrected chi connectivity index (χ4v) is 2.35. The van der Waals surface area contributed by atoms with Crippen LogP contribution >= 0.6 is 0 Å².